The standard InChI is InChI=1S/C19H21NO3/c1-20(2)12-6-9-15-13-16(19(22)23)10-11-17(15)18(21)14-7-4-3-5-8-14/h3-5,7-8,10-11,13H,6,9,12H2,1-2H3,(H,22,23). The SMILES string of the molecule is CN(C)CCCc1cc(C(=O)O)ccc1C(=O)c1ccccc1. The highest BCUT2D eigenvalue weighted by Gasteiger charge is 2.15. The van der Waals surface area contributed by atoms with Crippen molar-refractivity contribution in [3.8, 4) is 0 Å². The molecule has 4 nitrogen and oxygen atoms in total. The van der Waals surface area contributed by atoms with Gasteiger partial charge in [-0.2, -0.15) is 0 Å². The molecule has 0 bridgehead atoms. The van der Waals surface area contributed by atoms with Gasteiger partial charge in [0.2, 0.25) is 0 Å². The van der Waals surface area contributed by atoms with Crippen LogP contribution in [-0.2, 0) is 6.42 Å². The van der Waals surface area contributed by atoms with Gasteiger partial charge in [-0.25, -0.2) is 4.79 Å². The molecule has 2 rings (SSSR count). The second kappa shape index (κ2) is 7.70. The zero-order valence-electron chi connectivity index (χ0n) is 13.5. The third-order valence-electron chi connectivity index (χ3n) is 3.68. The largest absolute Gasteiger partial charge is 0.478 e. The molecule has 0 unspecified atom stereocenters. The van der Waals surface area contributed by atoms with Crippen LogP contribution in [0.15, 0.2) is 48.5 Å². The number of carbonyl (C=O) groups is 2. The number of carboxylic acids is 1. The number of carbonyl (C=O) groups excluding carboxylic acids is 1. The molecule has 0 aliphatic carbocycles. The van der Waals surface area contributed by atoms with Gasteiger partial charge in [-0.15, -0.1) is 0 Å². The number of hydrogen-bond acceptors (Lipinski definition) is 3. The molecule has 120 valence electrons. The van der Waals surface area contributed by atoms with E-state index in [0.717, 1.165) is 18.5 Å². The van der Waals surface area contributed by atoms with Crippen LogP contribution in [0.1, 0.15) is 38.3 Å². The van der Waals surface area contributed by atoms with Crippen molar-refractivity contribution in [1.82, 2.24) is 4.90 Å². The van der Waals surface area contributed by atoms with Gasteiger partial charge >= 0.3 is 5.97 Å². The van der Waals surface area contributed by atoms with Gasteiger partial charge in [-0.3, -0.25) is 4.79 Å². The van der Waals surface area contributed by atoms with E-state index < -0.39 is 5.97 Å². The van der Waals surface area contributed by atoms with Crippen molar-refractivity contribution in [2.75, 3.05) is 20.6 Å². The monoisotopic (exact) mass is 311 g/mol. The average Bonchev–Trinajstić information content (AvgIpc) is 2.54. The molecule has 0 aliphatic heterocycles. The van der Waals surface area contributed by atoms with Gasteiger partial charge in [0.15, 0.2) is 5.78 Å². The number of hydrogen-bond donors (Lipinski definition) is 1. The molecule has 0 amide bonds. The topological polar surface area (TPSA) is 57.6 Å². The fourth-order valence-corrected chi connectivity index (χ4v) is 2.49. The summed E-state index contributed by atoms with van der Waals surface area (Å²) in [6.45, 7) is 0.885. The van der Waals surface area contributed by atoms with Crippen LogP contribution in [0.4, 0.5) is 0 Å². The maximum Gasteiger partial charge on any atom is 0.335 e. The summed E-state index contributed by atoms with van der Waals surface area (Å²) in [6, 6.07) is 13.8. The number of rotatable bonds is 7. The number of aryl methyl sites for hydroxylation is 1. The minimum absolute atomic E-state index is 0.0672. The molecule has 0 saturated carbocycles. The molecule has 23 heavy (non-hydrogen) atoms. The Morgan fingerprint density at radius 3 is 2.30 bits per heavy atom. The fourth-order valence-electron chi connectivity index (χ4n) is 2.49. The van der Waals surface area contributed by atoms with Crippen molar-refractivity contribution in [2.24, 2.45) is 0 Å². The van der Waals surface area contributed by atoms with Crippen molar-refractivity contribution < 1.29 is 14.7 Å². The highest BCUT2D eigenvalue weighted by molar-refractivity contribution is 6.10. The van der Waals surface area contributed by atoms with E-state index in [4.69, 9.17) is 0 Å². The van der Waals surface area contributed by atoms with E-state index in [1.54, 1.807) is 24.3 Å². The summed E-state index contributed by atoms with van der Waals surface area (Å²) in [7, 11) is 3.98. The van der Waals surface area contributed by atoms with E-state index in [1.165, 1.54) is 6.07 Å². The smallest absolute Gasteiger partial charge is 0.335 e. The lowest BCUT2D eigenvalue weighted by molar-refractivity contribution is 0.0696. The molecule has 0 atom stereocenters. The van der Waals surface area contributed by atoms with E-state index in [1.807, 2.05) is 32.3 Å². The third-order valence-corrected chi connectivity index (χ3v) is 3.68. The Labute approximate surface area is 136 Å². The summed E-state index contributed by atoms with van der Waals surface area (Å²) >= 11 is 0. The van der Waals surface area contributed by atoms with Crippen LogP contribution >= 0.6 is 0 Å². The molecule has 0 saturated heterocycles. The number of aromatic carboxylic acids is 1. The van der Waals surface area contributed by atoms with Crippen LogP contribution in [0.3, 0.4) is 0 Å². The molecule has 1 N–H and O–H groups in total. The van der Waals surface area contributed by atoms with Crippen LogP contribution in [0, 0.1) is 0 Å². The highest BCUT2D eigenvalue weighted by Crippen LogP contribution is 2.19. The van der Waals surface area contributed by atoms with Crippen molar-refractivity contribution in [1.29, 1.82) is 0 Å². The van der Waals surface area contributed by atoms with Crippen molar-refractivity contribution in [2.45, 2.75) is 12.8 Å². The normalized spacial score (nSPS) is 10.7. The molecule has 0 radical (unpaired) electrons. The molecular weight excluding hydrogens is 290 g/mol. The van der Waals surface area contributed by atoms with Crippen molar-refractivity contribution in [3.63, 3.8) is 0 Å². The van der Waals surface area contributed by atoms with Crippen molar-refractivity contribution in [3.05, 3.63) is 70.8 Å². The predicted molar refractivity (Wildman–Crippen MR) is 90.2 cm³/mol. The van der Waals surface area contributed by atoms with Gasteiger partial charge in [0, 0.05) is 11.1 Å². The lowest BCUT2D eigenvalue weighted by Gasteiger charge is -2.12. The maximum atomic E-state index is 12.7. The second-order valence-corrected chi connectivity index (χ2v) is 5.78. The average molecular weight is 311 g/mol. The van der Waals surface area contributed by atoms with Gasteiger partial charge in [0.25, 0.3) is 0 Å². The lowest BCUT2D eigenvalue weighted by atomic mass is 9.94. The fraction of sp³-hybridized carbons (Fsp3) is 0.263. The second-order valence-electron chi connectivity index (χ2n) is 5.78. The minimum Gasteiger partial charge on any atom is -0.478 e. The molecular formula is C19H21NO3. The quantitative estimate of drug-likeness (QED) is 0.798. The van der Waals surface area contributed by atoms with Gasteiger partial charge in [0.1, 0.15) is 0 Å². The highest BCUT2D eigenvalue weighted by atomic mass is 16.4. The number of carboxylic acid groups (broad SMARTS) is 1. The Hall–Kier alpha value is -2.46. The first kappa shape index (κ1) is 16.9. The van der Waals surface area contributed by atoms with Gasteiger partial charge in [-0.05, 0) is 57.2 Å². The Morgan fingerprint density at radius 2 is 1.70 bits per heavy atom. The Morgan fingerprint density at radius 1 is 1.00 bits per heavy atom. The van der Waals surface area contributed by atoms with E-state index in [9.17, 15) is 14.7 Å². The molecule has 0 aliphatic rings. The minimum atomic E-state index is -0.974. The van der Waals surface area contributed by atoms with E-state index >= 15 is 0 Å². The molecule has 0 fully saturated rings. The number of benzene rings is 2. The summed E-state index contributed by atoms with van der Waals surface area (Å²) in [5.74, 6) is -1.04. The molecule has 4 heteroatoms. The van der Waals surface area contributed by atoms with Gasteiger partial charge < -0.3 is 10.0 Å². The van der Waals surface area contributed by atoms with E-state index in [0.29, 0.717) is 17.5 Å². The molecule has 0 spiro atoms. The zero-order chi connectivity index (χ0) is 16.8. The number of nitrogens with zero attached hydrogens (tertiary/aromatic N) is 1. The Bertz CT molecular complexity index is 693. The summed E-state index contributed by atoms with van der Waals surface area (Å²) in [6.07, 6.45) is 1.54. The molecule has 2 aromatic carbocycles. The van der Waals surface area contributed by atoms with Crippen molar-refractivity contribution >= 4 is 11.8 Å². The predicted octanol–water partition coefficient (Wildman–Crippen LogP) is 3.11. The van der Waals surface area contributed by atoms with Crippen LogP contribution in [0.5, 0.6) is 0 Å². The van der Waals surface area contributed by atoms with E-state index in [-0.39, 0.29) is 11.3 Å². The first-order valence-corrected chi connectivity index (χ1v) is 7.59. The van der Waals surface area contributed by atoms with Crippen LogP contribution in [0.25, 0.3) is 0 Å². The third kappa shape index (κ3) is 4.50. The van der Waals surface area contributed by atoms with E-state index in [2.05, 4.69) is 4.90 Å². The first-order valence-electron chi connectivity index (χ1n) is 7.59. The first-order chi connectivity index (χ1) is 11.0. The Kier molecular flexibility index (Phi) is 5.66. The van der Waals surface area contributed by atoms with Gasteiger partial charge in [-0.1, -0.05) is 30.3 Å². The number of ketones is 1. The lowest BCUT2D eigenvalue weighted by Crippen LogP contribution is -2.15. The Balaban J connectivity index is 2.33. The zero-order valence-corrected chi connectivity index (χ0v) is 13.5. The summed E-state index contributed by atoms with van der Waals surface area (Å²) in [5, 5.41) is 9.18. The van der Waals surface area contributed by atoms with Gasteiger partial charge in [0.05, 0.1) is 5.56 Å². The summed E-state index contributed by atoms with van der Waals surface area (Å²) in [4.78, 5) is 25.9. The maximum absolute atomic E-state index is 12.7. The van der Waals surface area contributed by atoms with Crippen LogP contribution < -0.4 is 0 Å². The summed E-state index contributed by atoms with van der Waals surface area (Å²) in [5.41, 5.74) is 2.21. The van der Waals surface area contributed by atoms with Crippen LogP contribution in [-0.4, -0.2) is 42.4 Å². The molecule has 0 heterocycles. The molecule has 0 aromatic heterocycles. The summed E-state index contributed by atoms with van der Waals surface area (Å²) < 4.78 is 0. The molecule has 2 aromatic rings. The van der Waals surface area contributed by atoms with Crippen LogP contribution in [0.2, 0.25) is 0 Å².